The molecule has 96 valence electrons. The normalized spacial score (nSPS) is 20.8. The molecule has 0 saturated carbocycles. The highest BCUT2D eigenvalue weighted by molar-refractivity contribution is 5.76. The Balaban J connectivity index is 1.78. The van der Waals surface area contributed by atoms with Gasteiger partial charge in [-0.1, -0.05) is 13.0 Å². The molecule has 0 spiro atoms. The molecule has 1 aliphatic heterocycles. The summed E-state index contributed by atoms with van der Waals surface area (Å²) < 4.78 is 5.79. The number of hydrogen-bond acceptors (Lipinski definition) is 2. The third-order valence-electron chi connectivity index (χ3n) is 3.87. The number of rotatable bonds is 2. The minimum Gasteiger partial charge on any atom is -0.491 e. The first-order valence-corrected chi connectivity index (χ1v) is 6.83. The molecular weight excluding hydrogens is 226 g/mol. The van der Waals surface area contributed by atoms with Crippen LogP contribution >= 0.6 is 0 Å². The van der Waals surface area contributed by atoms with Crippen molar-refractivity contribution in [3.05, 3.63) is 28.8 Å². The second kappa shape index (κ2) is 4.63. The Morgan fingerprint density at radius 1 is 1.33 bits per heavy atom. The lowest BCUT2D eigenvalue weighted by Crippen LogP contribution is -2.42. The van der Waals surface area contributed by atoms with E-state index in [2.05, 4.69) is 17.4 Å². The fourth-order valence-corrected chi connectivity index (χ4v) is 2.88. The monoisotopic (exact) mass is 245 g/mol. The summed E-state index contributed by atoms with van der Waals surface area (Å²) in [6.07, 6.45) is 5.06. The number of carbonyl (C=O) groups excluding carboxylic acids is 1. The maximum Gasteiger partial charge on any atom is 0.220 e. The molecule has 1 atom stereocenters. The third-order valence-corrected chi connectivity index (χ3v) is 3.87. The lowest BCUT2D eigenvalue weighted by molar-refractivity contribution is -0.121. The van der Waals surface area contributed by atoms with Gasteiger partial charge in [0.25, 0.3) is 0 Å². The molecule has 1 unspecified atom stereocenters. The second-order valence-corrected chi connectivity index (χ2v) is 5.22. The first-order valence-electron chi connectivity index (χ1n) is 6.83. The van der Waals surface area contributed by atoms with Gasteiger partial charge in [-0.3, -0.25) is 4.79 Å². The molecule has 1 amide bonds. The third kappa shape index (κ3) is 2.09. The Hall–Kier alpha value is -1.51. The lowest BCUT2D eigenvalue weighted by atomic mass is 9.98. The SMILES string of the molecule is CCC(=O)NC1COc2cc3c(cc2C1)CCC3. The molecule has 0 radical (unpaired) electrons. The van der Waals surface area contributed by atoms with Crippen LogP contribution in [0.1, 0.15) is 36.5 Å². The molecule has 1 aromatic rings. The van der Waals surface area contributed by atoms with Gasteiger partial charge < -0.3 is 10.1 Å². The number of carbonyl (C=O) groups is 1. The van der Waals surface area contributed by atoms with E-state index in [1.807, 2.05) is 6.92 Å². The van der Waals surface area contributed by atoms with Gasteiger partial charge in [-0.2, -0.15) is 0 Å². The summed E-state index contributed by atoms with van der Waals surface area (Å²) in [6.45, 7) is 2.47. The molecule has 0 bridgehead atoms. The number of nitrogens with one attached hydrogen (secondary N) is 1. The highest BCUT2D eigenvalue weighted by Gasteiger charge is 2.23. The van der Waals surface area contributed by atoms with E-state index in [-0.39, 0.29) is 11.9 Å². The van der Waals surface area contributed by atoms with Gasteiger partial charge in [0.2, 0.25) is 5.91 Å². The lowest BCUT2D eigenvalue weighted by Gasteiger charge is -2.26. The van der Waals surface area contributed by atoms with Gasteiger partial charge in [-0.25, -0.2) is 0 Å². The average molecular weight is 245 g/mol. The molecule has 1 aromatic carbocycles. The predicted molar refractivity (Wildman–Crippen MR) is 69.9 cm³/mol. The van der Waals surface area contributed by atoms with E-state index in [9.17, 15) is 4.79 Å². The van der Waals surface area contributed by atoms with Crippen molar-refractivity contribution in [1.29, 1.82) is 0 Å². The van der Waals surface area contributed by atoms with Crippen LogP contribution in [0.4, 0.5) is 0 Å². The molecular formula is C15H19NO2. The Bertz CT molecular complexity index is 482. The summed E-state index contributed by atoms with van der Waals surface area (Å²) in [5.74, 6) is 1.13. The summed E-state index contributed by atoms with van der Waals surface area (Å²) in [5.41, 5.74) is 4.17. The zero-order chi connectivity index (χ0) is 12.5. The summed E-state index contributed by atoms with van der Waals surface area (Å²) in [7, 11) is 0. The van der Waals surface area contributed by atoms with Gasteiger partial charge in [0.15, 0.2) is 0 Å². The van der Waals surface area contributed by atoms with E-state index in [0.29, 0.717) is 13.0 Å². The quantitative estimate of drug-likeness (QED) is 0.865. The fraction of sp³-hybridized carbons (Fsp3) is 0.533. The Morgan fingerprint density at radius 3 is 2.89 bits per heavy atom. The first kappa shape index (κ1) is 11.6. The van der Waals surface area contributed by atoms with E-state index in [4.69, 9.17) is 4.74 Å². The van der Waals surface area contributed by atoms with Crippen molar-refractivity contribution in [2.24, 2.45) is 0 Å². The van der Waals surface area contributed by atoms with Crippen molar-refractivity contribution in [2.75, 3.05) is 6.61 Å². The fourth-order valence-electron chi connectivity index (χ4n) is 2.88. The first-order chi connectivity index (χ1) is 8.76. The molecule has 2 aliphatic rings. The largest absolute Gasteiger partial charge is 0.491 e. The van der Waals surface area contributed by atoms with Crippen molar-refractivity contribution in [3.63, 3.8) is 0 Å². The zero-order valence-electron chi connectivity index (χ0n) is 10.8. The van der Waals surface area contributed by atoms with Gasteiger partial charge in [0.1, 0.15) is 12.4 Å². The van der Waals surface area contributed by atoms with Crippen molar-refractivity contribution in [2.45, 2.75) is 45.1 Å². The number of hydrogen-bond donors (Lipinski definition) is 1. The van der Waals surface area contributed by atoms with Crippen LogP contribution in [0, 0.1) is 0 Å². The molecule has 3 heteroatoms. The van der Waals surface area contributed by atoms with Crippen LogP contribution in [0.15, 0.2) is 12.1 Å². The van der Waals surface area contributed by atoms with E-state index in [1.165, 1.54) is 36.0 Å². The van der Waals surface area contributed by atoms with Crippen LogP contribution in [0.3, 0.4) is 0 Å². The predicted octanol–water partition coefficient (Wildman–Crippen LogP) is 2.00. The molecule has 3 rings (SSSR count). The van der Waals surface area contributed by atoms with Crippen molar-refractivity contribution < 1.29 is 9.53 Å². The van der Waals surface area contributed by atoms with Crippen LogP contribution in [-0.2, 0) is 24.1 Å². The molecule has 1 heterocycles. The molecule has 3 nitrogen and oxygen atoms in total. The maximum absolute atomic E-state index is 11.4. The maximum atomic E-state index is 11.4. The van der Waals surface area contributed by atoms with Gasteiger partial charge in [0, 0.05) is 6.42 Å². The molecule has 0 fully saturated rings. The van der Waals surface area contributed by atoms with Gasteiger partial charge in [-0.15, -0.1) is 0 Å². The minimum atomic E-state index is 0.105. The summed E-state index contributed by atoms with van der Waals surface area (Å²) in [4.78, 5) is 11.4. The van der Waals surface area contributed by atoms with Gasteiger partial charge in [0.05, 0.1) is 6.04 Å². The highest BCUT2D eigenvalue weighted by Crippen LogP contribution is 2.32. The number of ether oxygens (including phenoxy) is 1. The number of fused-ring (bicyclic) bond motifs is 2. The molecule has 1 aliphatic carbocycles. The Morgan fingerprint density at radius 2 is 2.11 bits per heavy atom. The van der Waals surface area contributed by atoms with Gasteiger partial charge in [-0.05, 0) is 48.4 Å². The van der Waals surface area contributed by atoms with Crippen molar-refractivity contribution in [3.8, 4) is 5.75 Å². The van der Waals surface area contributed by atoms with E-state index in [0.717, 1.165) is 12.2 Å². The van der Waals surface area contributed by atoms with Crippen molar-refractivity contribution >= 4 is 5.91 Å². The van der Waals surface area contributed by atoms with Crippen molar-refractivity contribution in [1.82, 2.24) is 5.32 Å². The van der Waals surface area contributed by atoms with Crippen LogP contribution < -0.4 is 10.1 Å². The Labute approximate surface area is 108 Å². The Kier molecular flexibility index (Phi) is 2.98. The molecule has 0 saturated heterocycles. The number of aryl methyl sites for hydroxylation is 2. The average Bonchev–Trinajstić information content (AvgIpc) is 2.82. The second-order valence-electron chi connectivity index (χ2n) is 5.22. The van der Waals surface area contributed by atoms with E-state index < -0.39 is 0 Å². The van der Waals surface area contributed by atoms with Crippen LogP contribution in [0.25, 0.3) is 0 Å². The highest BCUT2D eigenvalue weighted by atomic mass is 16.5. The summed E-state index contributed by atoms with van der Waals surface area (Å²) in [6, 6.07) is 4.61. The molecule has 1 N–H and O–H groups in total. The standard InChI is InChI=1S/C15H19NO2/c1-2-15(17)16-13-7-12-6-10-4-3-5-11(10)8-14(12)18-9-13/h6,8,13H,2-5,7,9H2,1H3,(H,16,17). The van der Waals surface area contributed by atoms with E-state index in [1.54, 1.807) is 0 Å². The zero-order valence-corrected chi connectivity index (χ0v) is 10.8. The van der Waals surface area contributed by atoms with Crippen LogP contribution in [-0.4, -0.2) is 18.6 Å². The molecule has 0 aromatic heterocycles. The van der Waals surface area contributed by atoms with Crippen LogP contribution in [0.2, 0.25) is 0 Å². The summed E-state index contributed by atoms with van der Waals surface area (Å²) in [5, 5.41) is 3.01. The van der Waals surface area contributed by atoms with Crippen LogP contribution in [0.5, 0.6) is 5.75 Å². The summed E-state index contributed by atoms with van der Waals surface area (Å²) >= 11 is 0. The van der Waals surface area contributed by atoms with Gasteiger partial charge >= 0.3 is 0 Å². The minimum absolute atomic E-state index is 0.105. The topological polar surface area (TPSA) is 38.3 Å². The molecule has 18 heavy (non-hydrogen) atoms. The smallest absolute Gasteiger partial charge is 0.220 e. The number of amides is 1. The number of benzene rings is 1. The van der Waals surface area contributed by atoms with E-state index >= 15 is 0 Å².